The van der Waals surface area contributed by atoms with Crippen LogP contribution >= 0.6 is 0 Å². The van der Waals surface area contributed by atoms with Crippen LogP contribution in [0.5, 0.6) is 11.8 Å². The number of rotatable bonds is 15. The van der Waals surface area contributed by atoms with Crippen LogP contribution in [0, 0.1) is 0 Å². The highest BCUT2D eigenvalue weighted by molar-refractivity contribution is 5.94. The Morgan fingerprint density at radius 3 is 2.23 bits per heavy atom. The molecule has 0 spiro atoms. The van der Waals surface area contributed by atoms with Crippen molar-refractivity contribution in [2.24, 2.45) is 0 Å². The predicted octanol–water partition coefficient (Wildman–Crippen LogP) is 4.31. The Balaban J connectivity index is 1.18. The molecule has 2 N–H and O–H groups in total. The maximum atomic E-state index is 12.0. The maximum Gasteiger partial charge on any atom is 0.328 e. The van der Waals surface area contributed by atoms with E-state index in [1.54, 1.807) is 12.1 Å². The van der Waals surface area contributed by atoms with E-state index in [2.05, 4.69) is 30.5 Å². The van der Waals surface area contributed by atoms with Crippen molar-refractivity contribution in [3.8, 4) is 11.8 Å². The van der Waals surface area contributed by atoms with Gasteiger partial charge in [-0.25, -0.2) is 0 Å². The Morgan fingerprint density at radius 1 is 0.846 bits per heavy atom. The SMILES string of the molecule is CN(c1nc(NCCOCCOCCNC(=O)c2ccccc2)nc(Oc2ccccc2)n1)C1CCCCC1. The average Bonchev–Trinajstić information content (AvgIpc) is 2.99. The van der Waals surface area contributed by atoms with Crippen molar-refractivity contribution >= 4 is 17.8 Å². The van der Waals surface area contributed by atoms with Gasteiger partial charge in [-0.3, -0.25) is 4.79 Å². The zero-order chi connectivity index (χ0) is 27.1. The molecule has 0 saturated heterocycles. The number of benzene rings is 2. The minimum Gasteiger partial charge on any atom is -0.424 e. The van der Waals surface area contributed by atoms with Gasteiger partial charge in [-0.15, -0.1) is 0 Å². The molecular weight excluding hydrogens is 496 g/mol. The van der Waals surface area contributed by atoms with Gasteiger partial charge in [0.05, 0.1) is 26.4 Å². The molecule has 4 rings (SSSR count). The summed E-state index contributed by atoms with van der Waals surface area (Å²) in [6.45, 7) is 2.74. The topological polar surface area (TPSA) is 111 Å². The molecule has 1 saturated carbocycles. The first-order valence-corrected chi connectivity index (χ1v) is 13.6. The summed E-state index contributed by atoms with van der Waals surface area (Å²) in [7, 11) is 2.04. The van der Waals surface area contributed by atoms with Crippen LogP contribution in [0.15, 0.2) is 60.7 Å². The molecule has 1 aromatic heterocycles. The van der Waals surface area contributed by atoms with Gasteiger partial charge < -0.3 is 29.7 Å². The van der Waals surface area contributed by atoms with Gasteiger partial charge in [0, 0.05) is 31.7 Å². The maximum absolute atomic E-state index is 12.0. The molecule has 39 heavy (non-hydrogen) atoms. The van der Waals surface area contributed by atoms with Crippen LogP contribution < -0.4 is 20.3 Å². The fourth-order valence-electron chi connectivity index (χ4n) is 4.34. The number of hydrogen-bond acceptors (Lipinski definition) is 9. The lowest BCUT2D eigenvalue weighted by Crippen LogP contribution is -2.34. The summed E-state index contributed by atoms with van der Waals surface area (Å²) >= 11 is 0. The summed E-state index contributed by atoms with van der Waals surface area (Å²) < 4.78 is 17.1. The quantitative estimate of drug-likeness (QED) is 0.276. The number of carbonyl (C=O) groups excluding carboxylic acids is 1. The summed E-state index contributed by atoms with van der Waals surface area (Å²) in [6, 6.07) is 19.3. The third kappa shape index (κ3) is 9.49. The molecule has 1 aliphatic rings. The number of carbonyl (C=O) groups is 1. The highest BCUT2D eigenvalue weighted by Gasteiger charge is 2.22. The van der Waals surface area contributed by atoms with E-state index in [4.69, 9.17) is 14.2 Å². The summed E-state index contributed by atoms with van der Waals surface area (Å²) in [5.74, 6) is 1.61. The summed E-state index contributed by atoms with van der Waals surface area (Å²) in [4.78, 5) is 27.8. The van der Waals surface area contributed by atoms with Crippen LogP contribution in [0.2, 0.25) is 0 Å². The van der Waals surface area contributed by atoms with E-state index in [-0.39, 0.29) is 11.9 Å². The molecule has 3 aromatic rings. The molecule has 1 fully saturated rings. The first-order valence-electron chi connectivity index (χ1n) is 13.6. The average molecular weight is 535 g/mol. The van der Waals surface area contributed by atoms with Crippen LogP contribution in [-0.4, -0.2) is 73.5 Å². The Hall–Kier alpha value is -3.76. The number of para-hydroxylation sites is 1. The highest BCUT2D eigenvalue weighted by Crippen LogP contribution is 2.26. The molecule has 208 valence electrons. The number of hydrogen-bond donors (Lipinski definition) is 2. The Labute approximate surface area is 230 Å². The van der Waals surface area contributed by atoms with E-state index in [1.807, 2.05) is 55.6 Å². The highest BCUT2D eigenvalue weighted by atomic mass is 16.5. The molecular formula is C29H38N6O4. The van der Waals surface area contributed by atoms with E-state index in [9.17, 15) is 4.79 Å². The fraction of sp³-hybridized carbons (Fsp3) is 0.448. The van der Waals surface area contributed by atoms with E-state index in [0.717, 1.165) is 12.8 Å². The molecule has 1 amide bonds. The number of nitrogens with one attached hydrogen (secondary N) is 2. The van der Waals surface area contributed by atoms with Crippen LogP contribution in [0.4, 0.5) is 11.9 Å². The molecule has 0 radical (unpaired) electrons. The molecule has 10 nitrogen and oxygen atoms in total. The van der Waals surface area contributed by atoms with Crippen LogP contribution in [0.25, 0.3) is 0 Å². The van der Waals surface area contributed by atoms with Crippen molar-refractivity contribution in [2.75, 3.05) is 56.8 Å². The number of anilines is 2. The van der Waals surface area contributed by atoms with Gasteiger partial charge in [0.15, 0.2) is 0 Å². The first kappa shape index (κ1) is 28.3. The molecule has 0 atom stereocenters. The van der Waals surface area contributed by atoms with Crippen molar-refractivity contribution in [1.82, 2.24) is 20.3 Å². The van der Waals surface area contributed by atoms with Crippen molar-refractivity contribution in [3.63, 3.8) is 0 Å². The first-order chi connectivity index (χ1) is 19.2. The third-order valence-corrected chi connectivity index (χ3v) is 6.46. The van der Waals surface area contributed by atoms with Gasteiger partial charge >= 0.3 is 6.01 Å². The minimum atomic E-state index is -0.106. The second-order valence-corrected chi connectivity index (χ2v) is 9.33. The fourth-order valence-corrected chi connectivity index (χ4v) is 4.34. The second-order valence-electron chi connectivity index (χ2n) is 9.33. The summed E-state index contributed by atoms with van der Waals surface area (Å²) in [5.41, 5.74) is 0.637. The van der Waals surface area contributed by atoms with E-state index < -0.39 is 0 Å². The molecule has 0 bridgehead atoms. The van der Waals surface area contributed by atoms with Crippen LogP contribution in [-0.2, 0) is 9.47 Å². The molecule has 2 aromatic carbocycles. The Kier molecular flexibility index (Phi) is 11.3. The lowest BCUT2D eigenvalue weighted by molar-refractivity contribution is 0.0519. The van der Waals surface area contributed by atoms with Crippen LogP contribution in [0.1, 0.15) is 42.5 Å². The van der Waals surface area contributed by atoms with Crippen LogP contribution in [0.3, 0.4) is 0 Å². The largest absolute Gasteiger partial charge is 0.424 e. The lowest BCUT2D eigenvalue weighted by atomic mass is 9.95. The summed E-state index contributed by atoms with van der Waals surface area (Å²) in [6.07, 6.45) is 6.00. The van der Waals surface area contributed by atoms with Gasteiger partial charge in [-0.2, -0.15) is 15.0 Å². The summed E-state index contributed by atoms with van der Waals surface area (Å²) in [5, 5.41) is 6.06. The van der Waals surface area contributed by atoms with Gasteiger partial charge in [-0.1, -0.05) is 55.7 Å². The molecule has 10 heteroatoms. The van der Waals surface area contributed by atoms with E-state index in [0.29, 0.717) is 68.8 Å². The van der Waals surface area contributed by atoms with E-state index >= 15 is 0 Å². The normalized spacial score (nSPS) is 13.6. The molecule has 1 heterocycles. The predicted molar refractivity (Wildman–Crippen MR) is 151 cm³/mol. The molecule has 1 aliphatic carbocycles. The standard InChI is InChI=1S/C29H38N6O4/c1-35(24-13-7-3-8-14-24)28-32-27(33-29(34-28)39-25-15-9-4-10-16-25)31-18-20-38-22-21-37-19-17-30-26(36)23-11-5-2-6-12-23/h2,4-6,9-12,15-16,24H,3,7-8,13-14,17-22H2,1H3,(H,30,36)(H,31,32,33,34). The minimum absolute atomic E-state index is 0.106. The Bertz CT molecular complexity index is 1130. The van der Waals surface area contributed by atoms with Gasteiger partial charge in [0.25, 0.3) is 5.91 Å². The second kappa shape index (κ2) is 15.6. The van der Waals surface area contributed by atoms with Gasteiger partial charge in [0.2, 0.25) is 11.9 Å². The molecule has 0 aliphatic heterocycles. The van der Waals surface area contributed by atoms with Gasteiger partial charge in [0.1, 0.15) is 5.75 Å². The van der Waals surface area contributed by atoms with Crippen molar-refractivity contribution < 1.29 is 19.0 Å². The monoisotopic (exact) mass is 534 g/mol. The number of nitrogens with zero attached hydrogens (tertiary/aromatic N) is 4. The Morgan fingerprint density at radius 2 is 1.51 bits per heavy atom. The molecule has 0 unspecified atom stereocenters. The van der Waals surface area contributed by atoms with E-state index in [1.165, 1.54) is 19.3 Å². The zero-order valence-electron chi connectivity index (χ0n) is 22.6. The smallest absolute Gasteiger partial charge is 0.328 e. The lowest BCUT2D eigenvalue weighted by Gasteiger charge is -2.31. The van der Waals surface area contributed by atoms with Crippen molar-refractivity contribution in [1.29, 1.82) is 0 Å². The van der Waals surface area contributed by atoms with Gasteiger partial charge in [-0.05, 0) is 37.1 Å². The zero-order valence-corrected chi connectivity index (χ0v) is 22.6. The number of amides is 1. The number of ether oxygens (including phenoxy) is 3. The van der Waals surface area contributed by atoms with Crippen molar-refractivity contribution in [3.05, 3.63) is 66.2 Å². The third-order valence-electron chi connectivity index (χ3n) is 6.46. The number of aromatic nitrogens is 3. The van der Waals surface area contributed by atoms with Crippen molar-refractivity contribution in [2.45, 2.75) is 38.1 Å².